The van der Waals surface area contributed by atoms with Crippen molar-refractivity contribution in [1.82, 2.24) is 15.1 Å². The number of nitrogens with one attached hydrogen (secondary N) is 1. The Labute approximate surface area is 154 Å². The van der Waals surface area contributed by atoms with Gasteiger partial charge in [-0.25, -0.2) is 0 Å². The molecule has 0 aliphatic carbocycles. The van der Waals surface area contributed by atoms with Crippen molar-refractivity contribution in [3.63, 3.8) is 0 Å². The van der Waals surface area contributed by atoms with E-state index in [1.165, 1.54) is 6.20 Å². The normalized spacial score (nSPS) is 17.1. The standard InChI is InChI=1S/C17H29ClN4O3/c1-13(20-12-15(18)19-9-6-17(24)25)4-5-16(23)22-10-7-14(8-11-22)21(2)3/h12,14,19H,4-11H2,1-3H3,(H,24,25)/b15-12-,20-13+. The number of carbonyl (C=O) groups excluding carboxylic acids is 1. The molecule has 0 unspecified atom stereocenters. The first kappa shape index (κ1) is 21.4. The zero-order chi connectivity index (χ0) is 18.8. The van der Waals surface area contributed by atoms with Crippen molar-refractivity contribution in [3.05, 3.63) is 11.4 Å². The fourth-order valence-electron chi connectivity index (χ4n) is 2.64. The number of hydrogen-bond donors (Lipinski definition) is 2. The lowest BCUT2D eigenvalue weighted by Crippen LogP contribution is -2.44. The van der Waals surface area contributed by atoms with Crippen molar-refractivity contribution in [2.24, 2.45) is 4.99 Å². The highest BCUT2D eigenvalue weighted by Gasteiger charge is 2.23. The highest BCUT2D eigenvalue weighted by Crippen LogP contribution is 2.15. The number of amides is 1. The summed E-state index contributed by atoms with van der Waals surface area (Å²) in [6.07, 6.45) is 4.51. The van der Waals surface area contributed by atoms with Crippen molar-refractivity contribution in [2.75, 3.05) is 33.7 Å². The number of aliphatic carboxylic acids is 1. The minimum atomic E-state index is -0.884. The molecule has 0 saturated carbocycles. The van der Waals surface area contributed by atoms with Gasteiger partial charge in [-0.2, -0.15) is 0 Å². The van der Waals surface area contributed by atoms with Crippen LogP contribution in [0.25, 0.3) is 0 Å². The largest absolute Gasteiger partial charge is 0.481 e. The molecule has 7 nitrogen and oxygen atoms in total. The van der Waals surface area contributed by atoms with E-state index in [1.54, 1.807) is 0 Å². The van der Waals surface area contributed by atoms with E-state index in [0.29, 0.717) is 18.9 Å². The molecular formula is C17H29ClN4O3. The molecule has 1 aliphatic rings. The SMILES string of the molecule is C/C(CCC(=O)N1CCC(N(C)C)CC1)=N\C=C(\Cl)NCCC(=O)O. The maximum absolute atomic E-state index is 12.3. The van der Waals surface area contributed by atoms with Gasteiger partial charge in [-0.15, -0.1) is 0 Å². The van der Waals surface area contributed by atoms with Crippen LogP contribution in [0.5, 0.6) is 0 Å². The Morgan fingerprint density at radius 1 is 1.28 bits per heavy atom. The second kappa shape index (κ2) is 11.1. The number of carbonyl (C=O) groups is 2. The van der Waals surface area contributed by atoms with E-state index in [1.807, 2.05) is 11.8 Å². The Morgan fingerprint density at radius 2 is 1.92 bits per heavy atom. The van der Waals surface area contributed by atoms with Crippen LogP contribution in [0.1, 0.15) is 39.0 Å². The number of hydrogen-bond acceptors (Lipinski definition) is 5. The van der Waals surface area contributed by atoms with Crippen LogP contribution >= 0.6 is 11.6 Å². The van der Waals surface area contributed by atoms with Crippen molar-refractivity contribution < 1.29 is 14.7 Å². The molecule has 1 aliphatic heterocycles. The summed E-state index contributed by atoms with van der Waals surface area (Å²) in [4.78, 5) is 31.0. The van der Waals surface area contributed by atoms with Gasteiger partial charge in [0.15, 0.2) is 0 Å². The molecule has 8 heteroatoms. The van der Waals surface area contributed by atoms with Gasteiger partial charge in [-0.05, 0) is 40.3 Å². The summed E-state index contributed by atoms with van der Waals surface area (Å²) in [5.41, 5.74) is 0.815. The first-order chi connectivity index (χ1) is 11.8. The van der Waals surface area contributed by atoms with Crippen molar-refractivity contribution >= 4 is 29.2 Å². The van der Waals surface area contributed by atoms with Gasteiger partial charge in [0, 0.05) is 37.8 Å². The van der Waals surface area contributed by atoms with E-state index in [4.69, 9.17) is 16.7 Å². The van der Waals surface area contributed by atoms with E-state index in [0.717, 1.165) is 31.6 Å². The molecule has 0 aromatic carbocycles. The van der Waals surface area contributed by atoms with Gasteiger partial charge in [0.1, 0.15) is 5.16 Å². The Kier molecular flexibility index (Phi) is 9.52. The van der Waals surface area contributed by atoms with Crippen molar-refractivity contribution in [3.8, 4) is 0 Å². The monoisotopic (exact) mass is 372 g/mol. The first-order valence-electron chi connectivity index (χ1n) is 8.58. The summed E-state index contributed by atoms with van der Waals surface area (Å²) in [6.45, 7) is 3.73. The quantitative estimate of drug-likeness (QED) is 0.477. The average Bonchev–Trinajstić information content (AvgIpc) is 2.57. The summed E-state index contributed by atoms with van der Waals surface area (Å²) < 4.78 is 0. The molecule has 2 N–H and O–H groups in total. The number of likely N-dealkylation sites (tertiary alicyclic amines) is 1. The molecule has 25 heavy (non-hydrogen) atoms. The third-order valence-electron chi connectivity index (χ3n) is 4.28. The Hall–Kier alpha value is -1.60. The lowest BCUT2D eigenvalue weighted by atomic mass is 10.0. The fraction of sp³-hybridized carbons (Fsp3) is 0.706. The van der Waals surface area contributed by atoms with E-state index in [9.17, 15) is 9.59 Å². The van der Waals surface area contributed by atoms with Gasteiger partial charge in [-0.3, -0.25) is 14.6 Å². The van der Waals surface area contributed by atoms with Crippen LogP contribution in [0, 0.1) is 0 Å². The van der Waals surface area contributed by atoms with Crippen molar-refractivity contribution in [1.29, 1.82) is 0 Å². The predicted molar refractivity (Wildman–Crippen MR) is 99.8 cm³/mol. The third-order valence-corrected chi connectivity index (χ3v) is 4.51. The lowest BCUT2D eigenvalue weighted by molar-refractivity contribution is -0.137. The molecule has 0 radical (unpaired) electrons. The zero-order valence-electron chi connectivity index (χ0n) is 15.3. The van der Waals surface area contributed by atoms with Crippen molar-refractivity contribution in [2.45, 2.75) is 45.1 Å². The van der Waals surface area contributed by atoms with Crippen LogP contribution in [0.3, 0.4) is 0 Å². The number of nitrogens with zero attached hydrogens (tertiary/aromatic N) is 3. The number of piperidine rings is 1. The maximum Gasteiger partial charge on any atom is 0.305 e. The van der Waals surface area contributed by atoms with Crippen LogP contribution < -0.4 is 5.32 Å². The van der Waals surface area contributed by atoms with Crippen LogP contribution in [-0.2, 0) is 9.59 Å². The molecule has 0 spiro atoms. The molecular weight excluding hydrogens is 344 g/mol. The predicted octanol–water partition coefficient (Wildman–Crippen LogP) is 1.88. The fourth-order valence-corrected chi connectivity index (χ4v) is 2.79. The van der Waals surface area contributed by atoms with Gasteiger partial charge in [-0.1, -0.05) is 11.6 Å². The third kappa shape index (κ3) is 8.88. The van der Waals surface area contributed by atoms with E-state index in [2.05, 4.69) is 29.3 Å². The molecule has 0 bridgehead atoms. The Morgan fingerprint density at radius 3 is 2.48 bits per heavy atom. The van der Waals surface area contributed by atoms with Gasteiger partial charge in [0.2, 0.25) is 5.91 Å². The number of carboxylic acids is 1. The van der Waals surface area contributed by atoms with Crippen LogP contribution in [0.4, 0.5) is 0 Å². The van der Waals surface area contributed by atoms with Crippen LogP contribution in [0.2, 0.25) is 0 Å². The Bertz CT molecular complexity index is 512. The molecule has 1 amide bonds. The Balaban J connectivity index is 2.31. The van der Waals surface area contributed by atoms with Crippen LogP contribution in [0.15, 0.2) is 16.3 Å². The van der Waals surface area contributed by atoms with Gasteiger partial charge < -0.3 is 20.2 Å². The lowest BCUT2D eigenvalue weighted by Gasteiger charge is -2.35. The van der Waals surface area contributed by atoms with E-state index in [-0.39, 0.29) is 24.0 Å². The van der Waals surface area contributed by atoms with Gasteiger partial charge >= 0.3 is 5.97 Å². The van der Waals surface area contributed by atoms with Gasteiger partial charge in [0.25, 0.3) is 0 Å². The molecule has 142 valence electrons. The molecule has 1 heterocycles. The number of halogens is 1. The second-order valence-corrected chi connectivity index (χ2v) is 6.89. The second-order valence-electron chi connectivity index (χ2n) is 6.49. The molecule has 1 saturated heterocycles. The molecule has 1 rings (SSSR count). The maximum atomic E-state index is 12.3. The van der Waals surface area contributed by atoms with Gasteiger partial charge in [0.05, 0.1) is 12.6 Å². The van der Waals surface area contributed by atoms with E-state index < -0.39 is 5.97 Å². The molecule has 0 atom stereocenters. The number of rotatable bonds is 9. The minimum absolute atomic E-state index is 0.00816. The first-order valence-corrected chi connectivity index (χ1v) is 8.96. The van der Waals surface area contributed by atoms with E-state index >= 15 is 0 Å². The molecule has 0 aromatic heterocycles. The summed E-state index contributed by atoms with van der Waals surface area (Å²) >= 11 is 5.90. The minimum Gasteiger partial charge on any atom is -0.481 e. The molecule has 0 aromatic rings. The highest BCUT2D eigenvalue weighted by molar-refractivity contribution is 6.29. The highest BCUT2D eigenvalue weighted by atomic mass is 35.5. The topological polar surface area (TPSA) is 85.2 Å². The number of carboxylic acid groups (broad SMARTS) is 1. The average molecular weight is 373 g/mol. The summed E-state index contributed by atoms with van der Waals surface area (Å²) in [6, 6.07) is 0.563. The summed E-state index contributed by atoms with van der Waals surface area (Å²) in [5.74, 6) is -0.716. The zero-order valence-corrected chi connectivity index (χ0v) is 16.1. The summed E-state index contributed by atoms with van der Waals surface area (Å²) in [7, 11) is 4.16. The summed E-state index contributed by atoms with van der Waals surface area (Å²) in [5, 5.41) is 11.6. The smallest absolute Gasteiger partial charge is 0.305 e. The molecule has 1 fully saturated rings. The number of aliphatic imine (C=N–C) groups is 1. The van der Waals surface area contributed by atoms with Crippen LogP contribution in [-0.4, -0.2) is 72.3 Å².